The molecule has 8 nitrogen and oxygen atoms in total. The van der Waals surface area contributed by atoms with Gasteiger partial charge in [-0.15, -0.1) is 0 Å². The largest absolute Gasteiger partial charge is 0.378 e. The Labute approximate surface area is 137 Å². The molecule has 0 saturated carbocycles. The summed E-state index contributed by atoms with van der Waals surface area (Å²) in [5.74, 6) is 0.292. The van der Waals surface area contributed by atoms with Crippen LogP contribution in [0.3, 0.4) is 0 Å². The number of anilines is 3. The van der Waals surface area contributed by atoms with Gasteiger partial charge in [-0.1, -0.05) is 23.7 Å². The lowest BCUT2D eigenvalue weighted by Crippen LogP contribution is -2.47. The molecule has 1 aliphatic rings. The molecule has 0 bridgehead atoms. The monoisotopic (exact) mass is 334 g/mol. The van der Waals surface area contributed by atoms with Crippen molar-refractivity contribution >= 4 is 34.7 Å². The second-order valence-corrected chi connectivity index (χ2v) is 5.53. The van der Waals surface area contributed by atoms with Crippen molar-refractivity contribution in [1.29, 1.82) is 0 Å². The van der Waals surface area contributed by atoms with Crippen LogP contribution >= 0.6 is 11.6 Å². The van der Waals surface area contributed by atoms with Gasteiger partial charge in [0.25, 0.3) is 0 Å². The van der Waals surface area contributed by atoms with Crippen molar-refractivity contribution in [2.45, 2.75) is 0 Å². The van der Waals surface area contributed by atoms with Crippen LogP contribution in [0.1, 0.15) is 0 Å². The number of nitro groups is 1. The van der Waals surface area contributed by atoms with E-state index in [-0.39, 0.29) is 11.5 Å². The van der Waals surface area contributed by atoms with E-state index in [0.717, 1.165) is 30.0 Å². The molecule has 0 amide bonds. The standard InChI is InChI=1S/C14H15ClN6O2/c15-10-3-1-2-4-11(10)19-5-7-20(8-6-19)14-17-9-12(21(22)23)13(16)18-14/h1-4,9H,5-8H2,(H2,16,17,18). The molecule has 9 heteroatoms. The highest BCUT2D eigenvalue weighted by Gasteiger charge is 2.22. The van der Waals surface area contributed by atoms with Crippen LogP contribution in [0, 0.1) is 10.1 Å². The number of nitrogens with two attached hydrogens (primary N) is 1. The first-order chi connectivity index (χ1) is 11.1. The van der Waals surface area contributed by atoms with Gasteiger partial charge in [0.05, 0.1) is 15.6 Å². The Morgan fingerprint density at radius 2 is 1.83 bits per heavy atom. The molecule has 0 spiro atoms. The number of hydrogen-bond acceptors (Lipinski definition) is 7. The van der Waals surface area contributed by atoms with Gasteiger partial charge in [-0.2, -0.15) is 4.98 Å². The van der Waals surface area contributed by atoms with E-state index in [4.69, 9.17) is 17.3 Å². The normalized spacial score (nSPS) is 14.8. The summed E-state index contributed by atoms with van der Waals surface area (Å²) in [6.07, 6.45) is 1.15. The fourth-order valence-electron chi connectivity index (χ4n) is 2.53. The zero-order valence-corrected chi connectivity index (χ0v) is 13.0. The van der Waals surface area contributed by atoms with E-state index in [9.17, 15) is 10.1 Å². The summed E-state index contributed by atoms with van der Waals surface area (Å²) in [6.45, 7) is 2.87. The number of nitrogens with zero attached hydrogens (tertiary/aromatic N) is 5. The molecule has 0 radical (unpaired) electrons. The molecule has 2 aromatic rings. The Morgan fingerprint density at radius 3 is 2.43 bits per heavy atom. The Balaban J connectivity index is 1.71. The first kappa shape index (κ1) is 15.3. The van der Waals surface area contributed by atoms with Gasteiger partial charge < -0.3 is 15.5 Å². The number of halogens is 1. The SMILES string of the molecule is Nc1nc(N2CCN(c3ccccc3Cl)CC2)ncc1[N+](=O)[O-]. The van der Waals surface area contributed by atoms with Crippen LogP contribution < -0.4 is 15.5 Å². The van der Waals surface area contributed by atoms with Gasteiger partial charge in [-0.25, -0.2) is 4.98 Å². The van der Waals surface area contributed by atoms with E-state index in [0.29, 0.717) is 19.0 Å². The summed E-state index contributed by atoms with van der Waals surface area (Å²) < 4.78 is 0. The molecule has 1 aliphatic heterocycles. The van der Waals surface area contributed by atoms with E-state index in [1.54, 1.807) is 0 Å². The van der Waals surface area contributed by atoms with Crippen LogP contribution in [0.15, 0.2) is 30.5 Å². The van der Waals surface area contributed by atoms with Crippen molar-refractivity contribution in [3.63, 3.8) is 0 Å². The molecule has 0 aliphatic carbocycles. The molecule has 23 heavy (non-hydrogen) atoms. The smallest absolute Gasteiger partial charge is 0.329 e. The fourth-order valence-corrected chi connectivity index (χ4v) is 2.78. The quantitative estimate of drug-likeness (QED) is 0.676. The average Bonchev–Trinajstić information content (AvgIpc) is 2.55. The number of para-hydroxylation sites is 1. The van der Waals surface area contributed by atoms with E-state index in [1.165, 1.54) is 0 Å². The Morgan fingerprint density at radius 1 is 1.17 bits per heavy atom. The maximum atomic E-state index is 10.8. The summed E-state index contributed by atoms with van der Waals surface area (Å²) >= 11 is 6.22. The van der Waals surface area contributed by atoms with E-state index in [2.05, 4.69) is 14.9 Å². The minimum absolute atomic E-state index is 0.117. The average molecular weight is 335 g/mol. The Kier molecular flexibility index (Phi) is 4.16. The summed E-state index contributed by atoms with van der Waals surface area (Å²) in [7, 11) is 0. The van der Waals surface area contributed by atoms with Gasteiger partial charge in [-0.05, 0) is 12.1 Å². The molecule has 1 fully saturated rings. The maximum Gasteiger partial charge on any atom is 0.329 e. The van der Waals surface area contributed by atoms with Crippen LogP contribution in [0.5, 0.6) is 0 Å². The number of nitrogen functional groups attached to an aromatic ring is 1. The summed E-state index contributed by atoms with van der Waals surface area (Å²) in [4.78, 5) is 22.4. The molecule has 3 rings (SSSR count). The maximum absolute atomic E-state index is 10.8. The van der Waals surface area contributed by atoms with Crippen molar-refractivity contribution in [1.82, 2.24) is 9.97 Å². The lowest BCUT2D eigenvalue weighted by Gasteiger charge is -2.36. The number of rotatable bonds is 3. The first-order valence-electron chi connectivity index (χ1n) is 7.07. The van der Waals surface area contributed by atoms with E-state index in [1.807, 2.05) is 29.2 Å². The predicted octanol–water partition coefficient (Wildman–Crippen LogP) is 1.95. The molecule has 0 atom stereocenters. The summed E-state index contributed by atoms with van der Waals surface area (Å²) in [6, 6.07) is 7.70. The minimum Gasteiger partial charge on any atom is -0.378 e. The zero-order chi connectivity index (χ0) is 16.4. The van der Waals surface area contributed by atoms with Crippen LogP contribution in [0.2, 0.25) is 5.02 Å². The van der Waals surface area contributed by atoms with Crippen molar-refractivity contribution in [3.8, 4) is 0 Å². The van der Waals surface area contributed by atoms with E-state index >= 15 is 0 Å². The molecule has 120 valence electrons. The van der Waals surface area contributed by atoms with Crippen LogP contribution in [0.4, 0.5) is 23.1 Å². The Hall–Kier alpha value is -2.61. The van der Waals surface area contributed by atoms with Gasteiger partial charge in [0.15, 0.2) is 0 Å². The molecular weight excluding hydrogens is 320 g/mol. The molecular formula is C14H15ClN6O2. The Bertz CT molecular complexity index is 733. The van der Waals surface area contributed by atoms with Crippen molar-refractivity contribution in [2.24, 2.45) is 0 Å². The first-order valence-corrected chi connectivity index (χ1v) is 7.45. The third-order valence-corrected chi connectivity index (χ3v) is 4.06. The topological polar surface area (TPSA) is 101 Å². The summed E-state index contributed by atoms with van der Waals surface area (Å²) in [5.41, 5.74) is 6.34. The second-order valence-electron chi connectivity index (χ2n) is 5.12. The molecule has 2 N–H and O–H groups in total. The van der Waals surface area contributed by atoms with E-state index < -0.39 is 4.92 Å². The highest BCUT2D eigenvalue weighted by atomic mass is 35.5. The number of benzene rings is 1. The van der Waals surface area contributed by atoms with Crippen LogP contribution in [-0.2, 0) is 0 Å². The molecule has 1 saturated heterocycles. The van der Waals surface area contributed by atoms with Gasteiger partial charge in [0.1, 0.15) is 6.20 Å². The molecule has 1 aromatic carbocycles. The van der Waals surface area contributed by atoms with Crippen molar-refractivity contribution in [2.75, 3.05) is 41.7 Å². The highest BCUT2D eigenvalue weighted by Crippen LogP contribution is 2.27. The van der Waals surface area contributed by atoms with Gasteiger partial charge >= 0.3 is 5.69 Å². The number of piperazine rings is 1. The lowest BCUT2D eigenvalue weighted by atomic mass is 10.2. The minimum atomic E-state index is -0.589. The second kappa shape index (κ2) is 6.25. The molecule has 1 aromatic heterocycles. The van der Waals surface area contributed by atoms with Gasteiger partial charge in [0, 0.05) is 26.2 Å². The van der Waals surface area contributed by atoms with Crippen LogP contribution in [-0.4, -0.2) is 41.1 Å². The third-order valence-electron chi connectivity index (χ3n) is 3.74. The lowest BCUT2D eigenvalue weighted by molar-refractivity contribution is -0.384. The zero-order valence-electron chi connectivity index (χ0n) is 12.2. The number of aromatic nitrogens is 2. The van der Waals surface area contributed by atoms with Gasteiger partial charge in [-0.3, -0.25) is 10.1 Å². The van der Waals surface area contributed by atoms with Crippen LogP contribution in [0.25, 0.3) is 0 Å². The highest BCUT2D eigenvalue weighted by molar-refractivity contribution is 6.33. The van der Waals surface area contributed by atoms with Gasteiger partial charge in [0.2, 0.25) is 11.8 Å². The fraction of sp³-hybridized carbons (Fsp3) is 0.286. The summed E-state index contributed by atoms with van der Waals surface area (Å²) in [5, 5.41) is 11.5. The van der Waals surface area contributed by atoms with Crippen molar-refractivity contribution in [3.05, 3.63) is 45.6 Å². The molecule has 0 unspecified atom stereocenters. The molecule has 2 heterocycles. The third kappa shape index (κ3) is 3.11. The predicted molar refractivity (Wildman–Crippen MR) is 89.0 cm³/mol. The van der Waals surface area contributed by atoms with Crippen molar-refractivity contribution < 1.29 is 4.92 Å². The number of hydrogen-bond donors (Lipinski definition) is 1.